The van der Waals surface area contributed by atoms with E-state index >= 15 is 0 Å². The van der Waals surface area contributed by atoms with Gasteiger partial charge in [0.15, 0.2) is 0 Å². The van der Waals surface area contributed by atoms with E-state index in [0.29, 0.717) is 18.9 Å². The van der Waals surface area contributed by atoms with Crippen molar-refractivity contribution in [2.24, 2.45) is 17.3 Å². The molecular weight excluding hydrogens is 478 g/mol. The second-order valence-corrected chi connectivity index (χ2v) is 10.8. The van der Waals surface area contributed by atoms with Crippen LogP contribution in [0.25, 0.3) is 0 Å². The first-order chi connectivity index (χ1) is 18.2. The predicted octanol–water partition coefficient (Wildman–Crippen LogP) is 6.30. The van der Waals surface area contributed by atoms with Gasteiger partial charge in [0.2, 0.25) is 0 Å². The second-order valence-electron chi connectivity index (χ2n) is 10.8. The third-order valence-electron chi connectivity index (χ3n) is 7.33. The number of carbonyl (C=O) groups is 2. The molecule has 6 nitrogen and oxygen atoms in total. The van der Waals surface area contributed by atoms with E-state index in [2.05, 4.69) is 5.32 Å². The third kappa shape index (κ3) is 12.0. The van der Waals surface area contributed by atoms with Crippen LogP contribution in [0.15, 0.2) is 60.7 Å². The number of unbranched alkanes of at least 4 members (excludes halogenated alkanes) is 2. The van der Waals surface area contributed by atoms with Gasteiger partial charge in [-0.15, -0.1) is 0 Å². The van der Waals surface area contributed by atoms with Crippen LogP contribution in [0.4, 0.5) is 0 Å². The zero-order valence-corrected chi connectivity index (χ0v) is 22.9. The zero-order valence-electron chi connectivity index (χ0n) is 22.9. The van der Waals surface area contributed by atoms with Crippen molar-refractivity contribution in [2.45, 2.75) is 71.1 Å². The smallest absolute Gasteiger partial charge is 0.327 e. The Kier molecular flexibility index (Phi) is 13.6. The molecule has 2 aromatic rings. The minimum atomic E-state index is -0.963. The second kappa shape index (κ2) is 16.7. The number of rotatable bonds is 19. The summed E-state index contributed by atoms with van der Waals surface area (Å²) in [5.74, 6) is 0.103. The number of nitrogens with one attached hydrogen (secondary N) is 1. The van der Waals surface area contributed by atoms with Gasteiger partial charge in [-0.05, 0) is 74.0 Å². The van der Waals surface area contributed by atoms with Crippen LogP contribution >= 0.6 is 0 Å². The van der Waals surface area contributed by atoms with Crippen molar-refractivity contribution in [1.29, 1.82) is 0 Å². The van der Waals surface area contributed by atoms with E-state index < -0.39 is 11.4 Å². The van der Waals surface area contributed by atoms with Crippen molar-refractivity contribution < 1.29 is 24.9 Å². The van der Waals surface area contributed by atoms with Gasteiger partial charge in [0.25, 0.3) is 0 Å². The van der Waals surface area contributed by atoms with Gasteiger partial charge in [0.05, 0.1) is 0 Å². The van der Waals surface area contributed by atoms with Gasteiger partial charge in [-0.25, -0.2) is 4.79 Å². The lowest BCUT2D eigenvalue weighted by molar-refractivity contribution is -0.131. The number of benzene rings is 2. The van der Waals surface area contributed by atoms with Crippen molar-refractivity contribution in [1.82, 2.24) is 5.32 Å². The molecule has 38 heavy (non-hydrogen) atoms. The third-order valence-corrected chi connectivity index (χ3v) is 7.33. The highest BCUT2D eigenvalue weighted by atomic mass is 16.4. The van der Waals surface area contributed by atoms with Crippen molar-refractivity contribution in [3.8, 4) is 11.5 Å². The average molecular weight is 524 g/mol. The lowest BCUT2D eigenvalue weighted by atomic mass is 9.75. The Morgan fingerprint density at radius 1 is 0.947 bits per heavy atom. The van der Waals surface area contributed by atoms with Gasteiger partial charge in [-0.1, -0.05) is 75.8 Å². The van der Waals surface area contributed by atoms with Crippen LogP contribution in [-0.2, 0) is 22.4 Å². The average Bonchev–Trinajstić information content (AvgIpc) is 2.88. The largest absolute Gasteiger partial charge is 0.508 e. The fourth-order valence-electron chi connectivity index (χ4n) is 5.31. The molecular formula is C32H45NO5. The quantitative estimate of drug-likeness (QED) is 0.0978. The van der Waals surface area contributed by atoms with Crippen LogP contribution in [0.3, 0.4) is 0 Å². The maximum Gasteiger partial charge on any atom is 0.327 e. The van der Waals surface area contributed by atoms with Crippen LogP contribution < -0.4 is 5.32 Å². The molecule has 0 saturated carbocycles. The Bertz CT molecular complexity index is 1000. The van der Waals surface area contributed by atoms with E-state index in [4.69, 9.17) is 0 Å². The molecule has 2 aromatic carbocycles. The SMILES string of the molecule is CNC[C@](C=CC(=O)O)(CCC[C@H](CCCCC[C@@H](C)C=O)Cc1ccc(O)cc1)Cc1cccc(O)c1. The molecule has 0 aromatic heterocycles. The maximum absolute atomic E-state index is 11.4. The highest BCUT2D eigenvalue weighted by Crippen LogP contribution is 2.34. The molecule has 0 saturated heterocycles. The van der Waals surface area contributed by atoms with Crippen molar-refractivity contribution in [3.63, 3.8) is 0 Å². The number of carboxylic acid groups (broad SMARTS) is 1. The minimum Gasteiger partial charge on any atom is -0.508 e. The summed E-state index contributed by atoms with van der Waals surface area (Å²) in [4.78, 5) is 22.3. The highest BCUT2D eigenvalue weighted by molar-refractivity contribution is 5.79. The fourth-order valence-corrected chi connectivity index (χ4v) is 5.31. The Hall–Kier alpha value is -3.12. The molecule has 208 valence electrons. The van der Waals surface area contributed by atoms with Gasteiger partial charge >= 0.3 is 5.97 Å². The molecule has 0 spiro atoms. The number of hydrogen-bond donors (Lipinski definition) is 4. The molecule has 0 aliphatic heterocycles. The summed E-state index contributed by atoms with van der Waals surface area (Å²) in [6, 6.07) is 14.6. The molecule has 2 rings (SSSR count). The van der Waals surface area contributed by atoms with E-state index in [9.17, 15) is 24.9 Å². The Balaban J connectivity index is 2.10. The summed E-state index contributed by atoms with van der Waals surface area (Å²) in [6.07, 6.45) is 13.7. The van der Waals surface area contributed by atoms with Gasteiger partial charge in [-0.2, -0.15) is 0 Å². The first-order valence-electron chi connectivity index (χ1n) is 13.8. The van der Waals surface area contributed by atoms with Gasteiger partial charge < -0.3 is 25.4 Å². The number of carboxylic acids is 1. The molecule has 0 radical (unpaired) electrons. The number of aldehydes is 1. The number of carbonyl (C=O) groups excluding carboxylic acids is 1. The molecule has 0 fully saturated rings. The van der Waals surface area contributed by atoms with E-state index in [0.717, 1.165) is 69.6 Å². The van der Waals surface area contributed by atoms with Crippen LogP contribution in [0.1, 0.15) is 69.4 Å². The molecule has 0 amide bonds. The molecule has 4 N–H and O–H groups in total. The summed E-state index contributed by atoms with van der Waals surface area (Å²) >= 11 is 0. The zero-order chi connectivity index (χ0) is 27.8. The van der Waals surface area contributed by atoms with E-state index in [1.54, 1.807) is 24.3 Å². The monoisotopic (exact) mass is 523 g/mol. The van der Waals surface area contributed by atoms with Crippen molar-refractivity contribution >= 4 is 12.3 Å². The van der Waals surface area contributed by atoms with Gasteiger partial charge in [-0.3, -0.25) is 0 Å². The number of phenols is 2. The first kappa shape index (κ1) is 31.1. The van der Waals surface area contributed by atoms with Crippen LogP contribution in [-0.4, -0.2) is 41.2 Å². The summed E-state index contributed by atoms with van der Waals surface area (Å²) in [7, 11) is 1.88. The van der Waals surface area contributed by atoms with E-state index in [-0.39, 0.29) is 17.4 Å². The minimum absolute atomic E-state index is 0.119. The number of aliphatic carboxylic acids is 1. The summed E-state index contributed by atoms with van der Waals surface area (Å²) in [5, 5.41) is 32.3. The van der Waals surface area contributed by atoms with Gasteiger partial charge in [0, 0.05) is 24.0 Å². The molecule has 0 unspecified atom stereocenters. The van der Waals surface area contributed by atoms with Crippen LogP contribution in [0, 0.1) is 17.3 Å². The predicted molar refractivity (Wildman–Crippen MR) is 152 cm³/mol. The summed E-state index contributed by atoms with van der Waals surface area (Å²) in [5.41, 5.74) is 1.78. The van der Waals surface area contributed by atoms with E-state index in [1.165, 1.54) is 11.6 Å². The molecule has 0 aliphatic rings. The summed E-state index contributed by atoms with van der Waals surface area (Å²) in [6.45, 7) is 2.59. The number of hydrogen-bond acceptors (Lipinski definition) is 5. The molecule has 6 heteroatoms. The number of aromatic hydroxyl groups is 2. The molecule has 0 aliphatic carbocycles. The lowest BCUT2D eigenvalue weighted by Crippen LogP contribution is -2.33. The van der Waals surface area contributed by atoms with Crippen molar-refractivity contribution in [2.75, 3.05) is 13.6 Å². The fraction of sp³-hybridized carbons (Fsp3) is 0.500. The molecule has 0 heterocycles. The Morgan fingerprint density at radius 2 is 1.66 bits per heavy atom. The van der Waals surface area contributed by atoms with Crippen LogP contribution in [0.5, 0.6) is 11.5 Å². The Morgan fingerprint density at radius 3 is 2.32 bits per heavy atom. The first-order valence-corrected chi connectivity index (χ1v) is 13.8. The normalized spacial score (nSPS) is 14.7. The van der Waals surface area contributed by atoms with Crippen molar-refractivity contribution in [3.05, 3.63) is 71.8 Å². The molecule has 0 bridgehead atoms. The standard InChI is InChI=1S/C32H45NO5/c1-25(23-34)8-4-3-5-9-26(20-27-13-15-29(35)16-14-27)11-7-18-32(24-33-2,19-17-31(37)38)22-28-10-6-12-30(36)21-28/h6,10,12-17,19,21,23,25-26,33,35-36H,3-5,7-9,11,18,20,22,24H2,1-2H3,(H,37,38)/t25-,26+,32+/m1/s1. The number of phenolic OH excluding ortho intramolecular Hbond substituents is 2. The highest BCUT2D eigenvalue weighted by Gasteiger charge is 2.28. The van der Waals surface area contributed by atoms with E-state index in [1.807, 2.05) is 44.3 Å². The summed E-state index contributed by atoms with van der Waals surface area (Å²) < 4.78 is 0. The van der Waals surface area contributed by atoms with Crippen LogP contribution in [0.2, 0.25) is 0 Å². The lowest BCUT2D eigenvalue weighted by Gasteiger charge is -2.32. The maximum atomic E-state index is 11.4. The molecule has 3 atom stereocenters. The topological polar surface area (TPSA) is 107 Å². The Labute approximate surface area is 227 Å². The van der Waals surface area contributed by atoms with Gasteiger partial charge in [0.1, 0.15) is 17.8 Å².